The van der Waals surface area contributed by atoms with E-state index in [0.29, 0.717) is 0 Å². The molecule has 0 aliphatic carbocycles. The number of nitrogens with zero attached hydrogens (tertiary/aromatic N) is 3. The summed E-state index contributed by atoms with van der Waals surface area (Å²) < 4.78 is 28.5. The van der Waals surface area contributed by atoms with Crippen molar-refractivity contribution in [1.29, 1.82) is 0 Å². The van der Waals surface area contributed by atoms with E-state index in [1.54, 1.807) is 0 Å². The van der Waals surface area contributed by atoms with E-state index < -0.39 is 23.3 Å². The van der Waals surface area contributed by atoms with Gasteiger partial charge in [0.1, 0.15) is 16.7 Å². The van der Waals surface area contributed by atoms with Crippen LogP contribution < -0.4 is 0 Å². The van der Waals surface area contributed by atoms with Gasteiger partial charge in [-0.1, -0.05) is 17.3 Å². The smallest absolute Gasteiger partial charge is 0.337 e. The summed E-state index contributed by atoms with van der Waals surface area (Å²) in [5.74, 6) is -2.93. The number of aromatic carboxylic acids is 1. The second kappa shape index (κ2) is 4.37. The van der Waals surface area contributed by atoms with Gasteiger partial charge in [-0.3, -0.25) is 0 Å². The fourth-order valence-corrected chi connectivity index (χ4v) is 1.99. The number of fused-ring (bicyclic) bond motifs is 1. The number of carbonyl (C=O) groups is 1. The Morgan fingerprint density at radius 3 is 2.40 bits per heavy atom. The molecule has 0 atom stereocenters. The minimum atomic E-state index is -1.23. The molecule has 5 nitrogen and oxygen atoms in total. The van der Waals surface area contributed by atoms with Gasteiger partial charge in [-0.25, -0.2) is 18.3 Å². The molecule has 3 rings (SSSR count). The van der Waals surface area contributed by atoms with Gasteiger partial charge < -0.3 is 5.11 Å². The fourth-order valence-electron chi connectivity index (χ4n) is 1.99. The molecule has 0 amide bonds. The van der Waals surface area contributed by atoms with Crippen molar-refractivity contribution in [2.75, 3.05) is 0 Å². The van der Waals surface area contributed by atoms with Crippen molar-refractivity contribution in [3.05, 3.63) is 53.6 Å². The molecule has 0 saturated carbocycles. The highest BCUT2D eigenvalue weighted by Crippen LogP contribution is 2.24. The van der Waals surface area contributed by atoms with Crippen LogP contribution >= 0.6 is 0 Å². The number of carboxylic acids is 1. The molecule has 0 spiro atoms. The highest BCUT2D eigenvalue weighted by atomic mass is 19.1. The maximum atomic E-state index is 13.8. The molecular weight excluding hydrogens is 268 g/mol. The lowest BCUT2D eigenvalue weighted by Gasteiger charge is -2.06. The Morgan fingerprint density at radius 1 is 1.10 bits per heavy atom. The van der Waals surface area contributed by atoms with Crippen LogP contribution in [0, 0.1) is 11.6 Å². The first-order valence-corrected chi connectivity index (χ1v) is 5.61. The number of benzene rings is 2. The Hall–Kier alpha value is -2.83. The third kappa shape index (κ3) is 1.71. The van der Waals surface area contributed by atoms with Crippen LogP contribution in [0.4, 0.5) is 8.78 Å². The summed E-state index contributed by atoms with van der Waals surface area (Å²) in [4.78, 5) is 11.2. The van der Waals surface area contributed by atoms with E-state index in [0.717, 1.165) is 16.8 Å². The van der Waals surface area contributed by atoms with Crippen molar-refractivity contribution >= 4 is 17.0 Å². The molecule has 2 aromatic carbocycles. The maximum Gasteiger partial charge on any atom is 0.337 e. The summed E-state index contributed by atoms with van der Waals surface area (Å²) in [6, 6.07) is 7.67. The van der Waals surface area contributed by atoms with E-state index in [1.165, 1.54) is 24.3 Å². The molecule has 3 aromatic rings. The summed E-state index contributed by atoms with van der Waals surface area (Å²) in [5, 5.41) is 16.5. The van der Waals surface area contributed by atoms with Crippen LogP contribution in [0.3, 0.4) is 0 Å². The standard InChI is InChI=1S/C13H7F2N3O2/c14-8-4-2-5-9(15)12(8)18-11-7(13(19)20)3-1-6-10(11)16-17-18/h1-6H,(H,19,20). The van der Waals surface area contributed by atoms with Gasteiger partial charge in [-0.2, -0.15) is 0 Å². The van der Waals surface area contributed by atoms with Gasteiger partial charge in [0.25, 0.3) is 0 Å². The Bertz CT molecular complexity index is 809. The van der Waals surface area contributed by atoms with Crippen molar-refractivity contribution in [3.8, 4) is 5.69 Å². The van der Waals surface area contributed by atoms with E-state index in [-0.39, 0.29) is 16.6 Å². The van der Waals surface area contributed by atoms with Crippen LogP contribution in [-0.2, 0) is 0 Å². The van der Waals surface area contributed by atoms with Crippen molar-refractivity contribution in [1.82, 2.24) is 15.0 Å². The number of hydrogen-bond donors (Lipinski definition) is 1. The fraction of sp³-hybridized carbons (Fsp3) is 0. The number of aromatic nitrogens is 3. The lowest BCUT2D eigenvalue weighted by Crippen LogP contribution is -2.07. The number of carboxylic acid groups (broad SMARTS) is 1. The zero-order valence-corrected chi connectivity index (χ0v) is 9.92. The van der Waals surface area contributed by atoms with Crippen LogP contribution in [0.5, 0.6) is 0 Å². The van der Waals surface area contributed by atoms with Gasteiger partial charge >= 0.3 is 5.97 Å². The van der Waals surface area contributed by atoms with Crippen LogP contribution in [0.1, 0.15) is 10.4 Å². The van der Waals surface area contributed by atoms with Gasteiger partial charge in [0.2, 0.25) is 0 Å². The number of hydrogen-bond acceptors (Lipinski definition) is 3. The van der Waals surface area contributed by atoms with E-state index in [2.05, 4.69) is 10.3 Å². The van der Waals surface area contributed by atoms with Gasteiger partial charge in [0.05, 0.1) is 5.56 Å². The number of para-hydroxylation sites is 2. The summed E-state index contributed by atoms with van der Waals surface area (Å²) in [5.41, 5.74) is -0.296. The van der Waals surface area contributed by atoms with E-state index in [1.807, 2.05) is 0 Å². The normalized spacial score (nSPS) is 10.9. The van der Waals surface area contributed by atoms with Crippen LogP contribution in [0.15, 0.2) is 36.4 Å². The van der Waals surface area contributed by atoms with Gasteiger partial charge in [0.15, 0.2) is 11.6 Å². The molecular formula is C13H7F2N3O2. The van der Waals surface area contributed by atoms with E-state index >= 15 is 0 Å². The molecule has 7 heteroatoms. The van der Waals surface area contributed by atoms with Crippen LogP contribution in [0.2, 0.25) is 0 Å². The van der Waals surface area contributed by atoms with E-state index in [4.69, 9.17) is 5.11 Å². The summed E-state index contributed by atoms with van der Waals surface area (Å²) >= 11 is 0. The molecule has 0 aliphatic rings. The van der Waals surface area contributed by atoms with Crippen molar-refractivity contribution in [3.63, 3.8) is 0 Å². The summed E-state index contributed by atoms with van der Waals surface area (Å²) in [6.07, 6.45) is 0. The lowest BCUT2D eigenvalue weighted by molar-refractivity contribution is 0.0698. The first kappa shape index (κ1) is 12.2. The largest absolute Gasteiger partial charge is 0.478 e. The molecule has 0 radical (unpaired) electrons. The molecule has 100 valence electrons. The second-order valence-electron chi connectivity index (χ2n) is 4.05. The SMILES string of the molecule is O=C(O)c1cccc2nnn(-c3c(F)cccc3F)c12. The molecule has 0 saturated heterocycles. The van der Waals surface area contributed by atoms with Crippen molar-refractivity contribution in [2.45, 2.75) is 0 Å². The Labute approximate surface area is 111 Å². The third-order valence-corrected chi connectivity index (χ3v) is 2.85. The zero-order valence-electron chi connectivity index (χ0n) is 9.92. The predicted octanol–water partition coefficient (Wildman–Crippen LogP) is 2.40. The minimum absolute atomic E-state index is 0.0454. The highest BCUT2D eigenvalue weighted by Gasteiger charge is 2.19. The van der Waals surface area contributed by atoms with Gasteiger partial charge in [-0.05, 0) is 24.3 Å². The molecule has 0 unspecified atom stereocenters. The zero-order chi connectivity index (χ0) is 14.3. The Kier molecular flexibility index (Phi) is 2.67. The minimum Gasteiger partial charge on any atom is -0.478 e. The lowest BCUT2D eigenvalue weighted by atomic mass is 10.1. The quantitative estimate of drug-likeness (QED) is 0.779. The molecule has 0 bridgehead atoms. The molecule has 1 heterocycles. The molecule has 1 N–H and O–H groups in total. The number of halogens is 2. The predicted molar refractivity (Wildman–Crippen MR) is 65.7 cm³/mol. The second-order valence-corrected chi connectivity index (χ2v) is 4.05. The monoisotopic (exact) mass is 275 g/mol. The topological polar surface area (TPSA) is 68.0 Å². The average Bonchev–Trinajstić information content (AvgIpc) is 2.82. The Balaban J connectivity index is 2.41. The summed E-state index contributed by atoms with van der Waals surface area (Å²) in [7, 11) is 0. The van der Waals surface area contributed by atoms with Crippen LogP contribution in [0.25, 0.3) is 16.7 Å². The molecule has 0 fully saturated rings. The first-order valence-electron chi connectivity index (χ1n) is 5.61. The summed E-state index contributed by atoms with van der Waals surface area (Å²) in [6.45, 7) is 0. The van der Waals surface area contributed by atoms with Crippen LogP contribution in [-0.4, -0.2) is 26.1 Å². The first-order chi connectivity index (χ1) is 9.59. The molecule has 0 aliphatic heterocycles. The van der Waals surface area contributed by atoms with Gasteiger partial charge in [-0.15, -0.1) is 5.10 Å². The number of rotatable bonds is 2. The average molecular weight is 275 g/mol. The van der Waals surface area contributed by atoms with E-state index in [9.17, 15) is 13.6 Å². The molecule has 20 heavy (non-hydrogen) atoms. The maximum absolute atomic E-state index is 13.8. The van der Waals surface area contributed by atoms with Crippen molar-refractivity contribution < 1.29 is 18.7 Å². The van der Waals surface area contributed by atoms with Crippen molar-refractivity contribution in [2.24, 2.45) is 0 Å². The third-order valence-electron chi connectivity index (χ3n) is 2.85. The Morgan fingerprint density at radius 2 is 1.75 bits per heavy atom. The molecule has 1 aromatic heterocycles. The highest BCUT2D eigenvalue weighted by molar-refractivity contribution is 6.01. The van der Waals surface area contributed by atoms with Gasteiger partial charge in [0, 0.05) is 0 Å².